The van der Waals surface area contributed by atoms with Gasteiger partial charge in [-0.2, -0.15) is 0 Å². The molecule has 5 N–H and O–H groups in total. The molecule has 0 aliphatic rings. The molecule has 0 amide bonds. The van der Waals surface area contributed by atoms with Gasteiger partial charge in [0.2, 0.25) is 0 Å². The standard InChI is InChI=1S/C14H12ClN5/c15-8-2-1-3-9(4-8)20-14-10-5-11(16)12(17)6-13(10)18-7-19-14/h1-7H,16-17H2,(H,18,19,20). The highest BCUT2D eigenvalue weighted by molar-refractivity contribution is 6.30. The van der Waals surface area contributed by atoms with E-state index in [2.05, 4.69) is 15.3 Å². The normalized spacial score (nSPS) is 10.7. The summed E-state index contributed by atoms with van der Waals surface area (Å²) in [4.78, 5) is 8.43. The van der Waals surface area contributed by atoms with Crippen molar-refractivity contribution in [3.8, 4) is 0 Å². The Morgan fingerprint density at radius 3 is 2.60 bits per heavy atom. The molecule has 1 heterocycles. The molecule has 0 atom stereocenters. The Kier molecular flexibility index (Phi) is 3.04. The van der Waals surface area contributed by atoms with Crippen LogP contribution in [0.15, 0.2) is 42.7 Å². The second-order valence-corrected chi connectivity index (χ2v) is 4.79. The number of aromatic nitrogens is 2. The van der Waals surface area contributed by atoms with Gasteiger partial charge in [0.1, 0.15) is 12.1 Å². The van der Waals surface area contributed by atoms with Gasteiger partial charge in [0.25, 0.3) is 0 Å². The number of fused-ring (bicyclic) bond motifs is 1. The van der Waals surface area contributed by atoms with Crippen LogP contribution < -0.4 is 16.8 Å². The maximum atomic E-state index is 5.97. The summed E-state index contributed by atoms with van der Waals surface area (Å²) in [5.41, 5.74) is 14.2. The molecular formula is C14H12ClN5. The molecule has 100 valence electrons. The molecule has 20 heavy (non-hydrogen) atoms. The topological polar surface area (TPSA) is 89.8 Å². The number of nitrogens with one attached hydrogen (secondary N) is 1. The van der Waals surface area contributed by atoms with Crippen molar-refractivity contribution in [2.75, 3.05) is 16.8 Å². The minimum atomic E-state index is 0.501. The summed E-state index contributed by atoms with van der Waals surface area (Å²) in [5, 5.41) is 4.66. The molecule has 0 bridgehead atoms. The van der Waals surface area contributed by atoms with E-state index in [1.807, 2.05) is 24.3 Å². The van der Waals surface area contributed by atoms with Crippen molar-refractivity contribution >= 4 is 45.4 Å². The van der Waals surface area contributed by atoms with Crippen LogP contribution in [0, 0.1) is 0 Å². The van der Waals surface area contributed by atoms with Crippen LogP contribution in [0.2, 0.25) is 5.02 Å². The van der Waals surface area contributed by atoms with E-state index in [0.717, 1.165) is 16.6 Å². The quantitative estimate of drug-likeness (QED) is 0.629. The van der Waals surface area contributed by atoms with E-state index in [4.69, 9.17) is 23.1 Å². The minimum absolute atomic E-state index is 0.501. The number of nitrogens with zero attached hydrogens (tertiary/aromatic N) is 2. The Labute approximate surface area is 120 Å². The van der Waals surface area contributed by atoms with Gasteiger partial charge in [-0.1, -0.05) is 17.7 Å². The van der Waals surface area contributed by atoms with Crippen molar-refractivity contribution in [3.63, 3.8) is 0 Å². The summed E-state index contributed by atoms with van der Waals surface area (Å²) in [6, 6.07) is 10.9. The van der Waals surface area contributed by atoms with Crippen LogP contribution in [-0.4, -0.2) is 9.97 Å². The third-order valence-corrected chi connectivity index (χ3v) is 3.16. The first-order chi connectivity index (χ1) is 9.63. The van der Waals surface area contributed by atoms with E-state index >= 15 is 0 Å². The third-order valence-electron chi connectivity index (χ3n) is 2.93. The lowest BCUT2D eigenvalue weighted by Gasteiger charge is -2.10. The van der Waals surface area contributed by atoms with Crippen molar-refractivity contribution in [1.29, 1.82) is 0 Å². The molecule has 0 saturated carbocycles. The molecule has 3 rings (SSSR count). The number of hydrogen-bond acceptors (Lipinski definition) is 5. The Balaban J connectivity index is 2.09. The molecule has 0 aliphatic heterocycles. The molecule has 0 unspecified atom stereocenters. The van der Waals surface area contributed by atoms with E-state index in [1.54, 1.807) is 12.1 Å². The first-order valence-corrected chi connectivity index (χ1v) is 6.33. The summed E-state index contributed by atoms with van der Waals surface area (Å²) in [6.07, 6.45) is 1.48. The number of rotatable bonds is 2. The second kappa shape index (κ2) is 4.86. The van der Waals surface area contributed by atoms with Crippen LogP contribution in [0.3, 0.4) is 0 Å². The van der Waals surface area contributed by atoms with Gasteiger partial charge >= 0.3 is 0 Å². The van der Waals surface area contributed by atoms with Gasteiger partial charge in [0, 0.05) is 16.1 Å². The van der Waals surface area contributed by atoms with Gasteiger partial charge in [-0.15, -0.1) is 0 Å². The van der Waals surface area contributed by atoms with E-state index in [-0.39, 0.29) is 0 Å². The van der Waals surface area contributed by atoms with Crippen LogP contribution in [0.1, 0.15) is 0 Å². The lowest BCUT2D eigenvalue weighted by molar-refractivity contribution is 1.22. The number of nitrogens with two attached hydrogens (primary N) is 2. The number of nitrogen functional groups attached to an aromatic ring is 2. The molecule has 3 aromatic rings. The fraction of sp³-hybridized carbons (Fsp3) is 0. The number of hydrogen-bond donors (Lipinski definition) is 3. The van der Waals surface area contributed by atoms with Crippen LogP contribution in [0.25, 0.3) is 10.9 Å². The zero-order valence-corrected chi connectivity index (χ0v) is 11.2. The average Bonchev–Trinajstić information content (AvgIpc) is 2.41. The fourth-order valence-electron chi connectivity index (χ4n) is 1.94. The van der Waals surface area contributed by atoms with E-state index in [9.17, 15) is 0 Å². The van der Waals surface area contributed by atoms with Gasteiger partial charge in [-0.05, 0) is 30.3 Å². The van der Waals surface area contributed by atoms with Gasteiger partial charge in [-0.25, -0.2) is 9.97 Å². The fourth-order valence-corrected chi connectivity index (χ4v) is 2.13. The Hall–Kier alpha value is -2.53. The van der Waals surface area contributed by atoms with Gasteiger partial charge in [0.05, 0.1) is 16.9 Å². The highest BCUT2D eigenvalue weighted by atomic mass is 35.5. The van der Waals surface area contributed by atoms with E-state index < -0.39 is 0 Å². The SMILES string of the molecule is Nc1cc2ncnc(Nc3cccc(Cl)c3)c2cc1N. The molecule has 0 radical (unpaired) electrons. The minimum Gasteiger partial charge on any atom is -0.397 e. The molecule has 1 aromatic heterocycles. The van der Waals surface area contributed by atoms with Crippen LogP contribution >= 0.6 is 11.6 Å². The lowest BCUT2D eigenvalue weighted by Crippen LogP contribution is -1.99. The largest absolute Gasteiger partial charge is 0.397 e. The maximum Gasteiger partial charge on any atom is 0.141 e. The Morgan fingerprint density at radius 2 is 1.80 bits per heavy atom. The predicted octanol–water partition coefficient (Wildman–Crippen LogP) is 3.19. The molecule has 0 fully saturated rings. The van der Waals surface area contributed by atoms with Crippen LogP contribution in [-0.2, 0) is 0 Å². The first-order valence-electron chi connectivity index (χ1n) is 5.96. The summed E-state index contributed by atoms with van der Waals surface area (Å²) in [7, 11) is 0. The molecule has 0 aliphatic carbocycles. The smallest absolute Gasteiger partial charge is 0.141 e. The van der Waals surface area contributed by atoms with E-state index in [1.165, 1.54) is 6.33 Å². The number of benzene rings is 2. The Morgan fingerprint density at radius 1 is 1.00 bits per heavy atom. The molecule has 0 saturated heterocycles. The highest BCUT2D eigenvalue weighted by Crippen LogP contribution is 2.28. The molecule has 6 heteroatoms. The predicted molar refractivity (Wildman–Crippen MR) is 83.1 cm³/mol. The summed E-state index contributed by atoms with van der Waals surface area (Å²) < 4.78 is 0. The van der Waals surface area contributed by atoms with Crippen molar-refractivity contribution < 1.29 is 0 Å². The maximum absolute atomic E-state index is 5.97. The van der Waals surface area contributed by atoms with Crippen molar-refractivity contribution in [2.24, 2.45) is 0 Å². The second-order valence-electron chi connectivity index (χ2n) is 4.36. The average molecular weight is 286 g/mol. The third kappa shape index (κ3) is 2.31. The molecule has 2 aromatic carbocycles. The van der Waals surface area contributed by atoms with E-state index in [0.29, 0.717) is 22.2 Å². The highest BCUT2D eigenvalue weighted by Gasteiger charge is 2.07. The summed E-state index contributed by atoms with van der Waals surface area (Å²) >= 11 is 5.97. The first kappa shape index (κ1) is 12.5. The van der Waals surface area contributed by atoms with Crippen LogP contribution in [0.5, 0.6) is 0 Å². The zero-order chi connectivity index (χ0) is 14.1. The van der Waals surface area contributed by atoms with Crippen molar-refractivity contribution in [2.45, 2.75) is 0 Å². The van der Waals surface area contributed by atoms with Gasteiger partial charge in [0.15, 0.2) is 0 Å². The molecule has 5 nitrogen and oxygen atoms in total. The zero-order valence-electron chi connectivity index (χ0n) is 10.5. The molecule has 0 spiro atoms. The van der Waals surface area contributed by atoms with Crippen molar-refractivity contribution in [3.05, 3.63) is 47.7 Å². The van der Waals surface area contributed by atoms with Gasteiger partial charge < -0.3 is 16.8 Å². The summed E-state index contributed by atoms with van der Waals surface area (Å²) in [5.74, 6) is 0.656. The van der Waals surface area contributed by atoms with Crippen molar-refractivity contribution in [1.82, 2.24) is 9.97 Å². The number of halogens is 1. The van der Waals surface area contributed by atoms with Gasteiger partial charge in [-0.3, -0.25) is 0 Å². The van der Waals surface area contributed by atoms with Crippen LogP contribution in [0.4, 0.5) is 22.9 Å². The monoisotopic (exact) mass is 285 g/mol. The number of anilines is 4. The Bertz CT molecular complexity index is 788. The lowest BCUT2D eigenvalue weighted by atomic mass is 10.2. The summed E-state index contributed by atoms with van der Waals surface area (Å²) in [6.45, 7) is 0. The molecular weight excluding hydrogens is 274 g/mol.